The van der Waals surface area contributed by atoms with Crippen LogP contribution in [0.4, 0.5) is 0 Å². The number of esters is 2. The number of hydrogen-bond acceptors (Lipinski definition) is 9. The molecule has 0 aromatic heterocycles. The molecule has 0 heterocycles. The van der Waals surface area contributed by atoms with Gasteiger partial charge in [0.15, 0.2) is 0 Å². The maximum atomic E-state index is 12.5. The molecule has 234 valence electrons. The van der Waals surface area contributed by atoms with E-state index in [1.54, 1.807) is 0 Å². The second-order valence-corrected chi connectivity index (χ2v) is 13.9. The van der Waals surface area contributed by atoms with Crippen LogP contribution < -0.4 is 5.32 Å². The maximum absolute atomic E-state index is 12.5. The molecule has 4 rings (SSSR count). The summed E-state index contributed by atoms with van der Waals surface area (Å²) in [5.74, 6) is -1.26. The Morgan fingerprint density at radius 3 is 2.27 bits per heavy atom. The topological polar surface area (TPSA) is 141 Å². The summed E-state index contributed by atoms with van der Waals surface area (Å²) in [7, 11) is 0. The molecule has 0 spiro atoms. The number of ether oxygens (including phenoxy) is 2. The summed E-state index contributed by atoms with van der Waals surface area (Å²) < 4.78 is 12.3. The molecule has 0 bridgehead atoms. The molecule has 10 nitrogen and oxygen atoms in total. The van der Waals surface area contributed by atoms with Crippen molar-refractivity contribution >= 4 is 17.8 Å². The van der Waals surface area contributed by atoms with Gasteiger partial charge in [-0.3, -0.25) is 14.4 Å². The van der Waals surface area contributed by atoms with E-state index in [4.69, 9.17) is 9.47 Å². The van der Waals surface area contributed by atoms with Crippen LogP contribution in [0.1, 0.15) is 106 Å². The van der Waals surface area contributed by atoms with Gasteiger partial charge in [-0.15, -0.1) is 0 Å². The smallest absolute Gasteiger partial charge is 0.302 e. The lowest BCUT2D eigenvalue weighted by molar-refractivity contribution is -0.500. The van der Waals surface area contributed by atoms with Crippen LogP contribution in [0.15, 0.2) is 0 Å². The minimum absolute atomic E-state index is 0.0544. The maximum Gasteiger partial charge on any atom is 0.302 e. The van der Waals surface area contributed by atoms with Crippen molar-refractivity contribution in [3.63, 3.8) is 0 Å². The molecule has 10 atom stereocenters. The summed E-state index contributed by atoms with van der Waals surface area (Å²) in [5, 5.41) is 22.2. The molecule has 0 aliphatic heterocycles. The molecule has 4 aliphatic rings. The van der Waals surface area contributed by atoms with Crippen LogP contribution in [0.25, 0.3) is 0 Å². The molecular formula is C31H51NO9. The van der Waals surface area contributed by atoms with E-state index in [9.17, 15) is 24.9 Å². The third-order valence-electron chi connectivity index (χ3n) is 11.8. The van der Waals surface area contributed by atoms with Crippen LogP contribution in [-0.4, -0.2) is 52.9 Å². The molecule has 0 aromatic carbocycles. The van der Waals surface area contributed by atoms with E-state index in [1.165, 1.54) is 13.8 Å². The van der Waals surface area contributed by atoms with E-state index in [2.05, 4.69) is 35.9 Å². The van der Waals surface area contributed by atoms with Crippen molar-refractivity contribution in [2.24, 2.45) is 46.3 Å². The number of fused-ring (bicyclic) bond motifs is 5. The predicted molar refractivity (Wildman–Crippen MR) is 149 cm³/mol. The summed E-state index contributed by atoms with van der Waals surface area (Å²) in [5.41, 5.74) is -0.544. The molecule has 0 radical (unpaired) electrons. The standard InChI is InChI=1S/C31H51NO9/c1-7-14-32-27(35)11-8-18(2)22-9-10-23-28-24(16-26(30(22,23)6)39-20(4)34)29(5)12-13-31(40-36,41-37)17-21(29)15-25(28)38-19(3)33/h18,21-26,28,36-37H,7-17H2,1-6H3,(H,32,35)/t18-,21-,22-,23+,24+,25-,26+,28+,29+,30-/m1/s1. The van der Waals surface area contributed by atoms with E-state index in [0.717, 1.165) is 25.7 Å². The van der Waals surface area contributed by atoms with Gasteiger partial charge in [0, 0.05) is 51.0 Å². The van der Waals surface area contributed by atoms with Crippen LogP contribution in [0, 0.1) is 46.3 Å². The minimum Gasteiger partial charge on any atom is -0.462 e. The highest BCUT2D eigenvalue weighted by Crippen LogP contribution is 2.70. The van der Waals surface area contributed by atoms with Gasteiger partial charge in [0.2, 0.25) is 11.7 Å². The Morgan fingerprint density at radius 1 is 0.976 bits per heavy atom. The van der Waals surface area contributed by atoms with Crippen molar-refractivity contribution in [1.29, 1.82) is 0 Å². The summed E-state index contributed by atoms with van der Waals surface area (Å²) in [6, 6.07) is 0. The Balaban J connectivity index is 1.67. The van der Waals surface area contributed by atoms with Crippen LogP contribution in [-0.2, 0) is 33.6 Å². The summed E-state index contributed by atoms with van der Waals surface area (Å²) >= 11 is 0. The van der Waals surface area contributed by atoms with E-state index in [-0.39, 0.29) is 82.8 Å². The van der Waals surface area contributed by atoms with Crippen molar-refractivity contribution in [2.45, 2.75) is 124 Å². The molecule has 41 heavy (non-hydrogen) atoms. The Bertz CT molecular complexity index is 969. The molecular weight excluding hydrogens is 530 g/mol. The second kappa shape index (κ2) is 12.5. The molecule has 10 heteroatoms. The van der Waals surface area contributed by atoms with Gasteiger partial charge in [-0.1, -0.05) is 27.7 Å². The Labute approximate surface area is 244 Å². The average Bonchev–Trinajstić information content (AvgIpc) is 3.28. The predicted octanol–water partition coefficient (Wildman–Crippen LogP) is 5.35. The zero-order valence-corrected chi connectivity index (χ0v) is 25.6. The number of carbonyl (C=O) groups excluding carboxylic acids is 3. The minimum atomic E-state index is -1.51. The first-order valence-corrected chi connectivity index (χ1v) is 15.6. The van der Waals surface area contributed by atoms with Crippen LogP contribution in [0.3, 0.4) is 0 Å². The first kappa shape index (κ1) is 32.2. The van der Waals surface area contributed by atoms with Crippen LogP contribution in [0.2, 0.25) is 0 Å². The largest absolute Gasteiger partial charge is 0.462 e. The second-order valence-electron chi connectivity index (χ2n) is 13.9. The van der Waals surface area contributed by atoms with Crippen molar-refractivity contribution < 1.29 is 44.1 Å². The van der Waals surface area contributed by atoms with Gasteiger partial charge in [-0.25, -0.2) is 20.3 Å². The fourth-order valence-electron chi connectivity index (χ4n) is 9.85. The average molecular weight is 582 g/mol. The SMILES string of the molecule is CCCNC(=O)CC[C@@H](C)[C@H]1CC[C@H]2[C@@H]3[C@H](OC(C)=O)C[C@@H]4CC(OO)(OO)CC[C@]4(C)[C@H]3C[C@H](OC(C)=O)[C@]12C. The summed E-state index contributed by atoms with van der Waals surface area (Å²) in [6.45, 7) is 12.3. The molecule has 0 saturated heterocycles. The highest BCUT2D eigenvalue weighted by Gasteiger charge is 2.68. The first-order valence-electron chi connectivity index (χ1n) is 15.6. The Hall–Kier alpha value is -1.75. The van der Waals surface area contributed by atoms with Crippen molar-refractivity contribution in [2.75, 3.05) is 6.54 Å². The summed E-state index contributed by atoms with van der Waals surface area (Å²) in [4.78, 5) is 46.6. The fraction of sp³-hybridized carbons (Fsp3) is 0.903. The number of nitrogens with one attached hydrogen (secondary N) is 1. The van der Waals surface area contributed by atoms with Crippen LogP contribution >= 0.6 is 0 Å². The molecule has 4 fully saturated rings. The molecule has 1 amide bonds. The molecule has 0 unspecified atom stereocenters. The number of rotatable bonds is 10. The Morgan fingerprint density at radius 2 is 1.66 bits per heavy atom. The van der Waals surface area contributed by atoms with Crippen molar-refractivity contribution in [3.8, 4) is 0 Å². The molecule has 4 saturated carbocycles. The van der Waals surface area contributed by atoms with Gasteiger partial charge >= 0.3 is 11.9 Å². The normalized spacial score (nSPS) is 40.0. The number of carbonyl (C=O) groups is 3. The van der Waals surface area contributed by atoms with Gasteiger partial charge in [0.1, 0.15) is 12.2 Å². The molecule has 4 aliphatic carbocycles. The van der Waals surface area contributed by atoms with Crippen LogP contribution in [0.5, 0.6) is 0 Å². The van der Waals surface area contributed by atoms with E-state index in [0.29, 0.717) is 38.6 Å². The van der Waals surface area contributed by atoms with E-state index < -0.39 is 5.79 Å². The van der Waals surface area contributed by atoms with E-state index in [1.807, 2.05) is 6.92 Å². The molecule has 3 N–H and O–H groups in total. The molecule has 0 aromatic rings. The highest BCUT2D eigenvalue weighted by molar-refractivity contribution is 5.75. The summed E-state index contributed by atoms with van der Waals surface area (Å²) in [6.07, 6.45) is 5.83. The Kier molecular flexibility index (Phi) is 9.78. The van der Waals surface area contributed by atoms with Gasteiger partial charge < -0.3 is 14.8 Å². The fourth-order valence-corrected chi connectivity index (χ4v) is 9.85. The van der Waals surface area contributed by atoms with Crippen molar-refractivity contribution in [1.82, 2.24) is 5.32 Å². The zero-order chi connectivity index (χ0) is 30.2. The third kappa shape index (κ3) is 5.91. The van der Waals surface area contributed by atoms with Gasteiger partial charge in [0.05, 0.1) is 0 Å². The van der Waals surface area contributed by atoms with Gasteiger partial charge in [-0.2, -0.15) is 0 Å². The quantitative estimate of drug-likeness (QED) is 0.135. The highest BCUT2D eigenvalue weighted by atomic mass is 17.2. The first-order chi connectivity index (χ1) is 19.3. The van der Waals surface area contributed by atoms with Gasteiger partial charge in [-0.05, 0) is 80.0 Å². The lowest BCUT2D eigenvalue weighted by Gasteiger charge is -2.64. The van der Waals surface area contributed by atoms with Crippen molar-refractivity contribution in [3.05, 3.63) is 0 Å². The van der Waals surface area contributed by atoms with Gasteiger partial charge in [0.25, 0.3) is 0 Å². The third-order valence-corrected chi connectivity index (χ3v) is 11.8. The van der Waals surface area contributed by atoms with E-state index >= 15 is 0 Å². The number of hydrogen-bond donors (Lipinski definition) is 3. The number of amides is 1. The lowest BCUT2D eigenvalue weighted by atomic mass is 9.42. The lowest BCUT2D eigenvalue weighted by Crippen LogP contribution is -2.64. The monoisotopic (exact) mass is 581 g/mol. The zero-order valence-electron chi connectivity index (χ0n) is 25.6.